The molecule has 1 nitrogen and oxygen atoms in total. The van der Waals surface area contributed by atoms with E-state index in [2.05, 4.69) is 6.07 Å². The van der Waals surface area contributed by atoms with Crippen LogP contribution in [0.3, 0.4) is 0 Å². The lowest BCUT2D eigenvalue weighted by molar-refractivity contribution is -0.178. The summed E-state index contributed by atoms with van der Waals surface area (Å²) >= 11 is 0. The van der Waals surface area contributed by atoms with E-state index in [4.69, 9.17) is 4.74 Å². The molecule has 166 valence electrons. The van der Waals surface area contributed by atoms with Gasteiger partial charge in [-0.3, -0.25) is 0 Å². The van der Waals surface area contributed by atoms with Crippen molar-refractivity contribution in [2.24, 2.45) is 0 Å². The second-order valence-electron chi connectivity index (χ2n) is 9.02. The lowest BCUT2D eigenvalue weighted by Crippen LogP contribution is -2.41. The van der Waals surface area contributed by atoms with Crippen LogP contribution in [-0.2, 0) is 5.41 Å². The van der Waals surface area contributed by atoms with E-state index in [1.165, 1.54) is 6.42 Å². The first-order valence-corrected chi connectivity index (χ1v) is 11.5. The molecule has 5 rings (SSSR count). The molecule has 0 heterocycles. The lowest BCUT2D eigenvalue weighted by Gasteiger charge is -2.34. The average Bonchev–Trinajstić information content (AvgIpc) is 3.09. The summed E-state index contributed by atoms with van der Waals surface area (Å²) in [7, 11) is 0. The number of fused-ring (bicyclic) bond motifs is 3. The molecule has 0 saturated heterocycles. The lowest BCUT2D eigenvalue weighted by atomic mass is 9.73. The summed E-state index contributed by atoms with van der Waals surface area (Å²) in [6.07, 6.45) is 1.20. The third-order valence-corrected chi connectivity index (χ3v) is 7.31. The molecule has 2 aliphatic carbocycles. The molecule has 0 N–H and O–H groups in total. The Balaban J connectivity index is 1.64. The highest BCUT2D eigenvalue weighted by molar-refractivity contribution is 5.82. The molecule has 0 aliphatic heterocycles. The first-order valence-electron chi connectivity index (χ1n) is 11.5. The maximum atomic E-state index is 14.9. The average molecular weight is 437 g/mol. The second-order valence-corrected chi connectivity index (χ2v) is 9.02. The maximum Gasteiger partial charge on any atom is 0.402 e. The largest absolute Gasteiger partial charge is 0.457 e. The number of hydrogen-bond donors (Lipinski definition) is 0. The predicted octanol–water partition coefficient (Wildman–Crippen LogP) is 8.77. The quantitative estimate of drug-likeness (QED) is 0.397. The molecule has 3 aromatic rings. The van der Waals surface area contributed by atoms with Gasteiger partial charge in [-0.15, -0.1) is 0 Å². The zero-order valence-corrected chi connectivity index (χ0v) is 18.2. The predicted molar refractivity (Wildman–Crippen MR) is 121 cm³/mol. The van der Waals surface area contributed by atoms with Crippen molar-refractivity contribution in [3.8, 4) is 22.6 Å². The van der Waals surface area contributed by atoms with Crippen LogP contribution in [-0.4, -0.2) is 6.18 Å². The fraction of sp³-hybridized carbons (Fsp3) is 0.357. The zero-order valence-electron chi connectivity index (χ0n) is 18.2. The van der Waals surface area contributed by atoms with Crippen LogP contribution in [0.2, 0.25) is 0 Å². The SMILES string of the molecule is CCC1(C(F)(F)F)c2cc(Oc3ccccc3)ccc2-c2ccc(C3CCCCC3)cc21. The Kier molecular flexibility index (Phi) is 5.27. The first-order chi connectivity index (χ1) is 15.4. The minimum Gasteiger partial charge on any atom is -0.457 e. The standard InChI is InChI=1S/C28H27F3O/c1-2-27(28(29,30)31)25-17-20(19-9-5-3-6-10-19)13-15-23(25)24-16-14-22(18-26(24)27)32-21-11-7-4-8-12-21/h4,7-8,11-19H,2-3,5-6,9-10H2,1H3. The maximum absolute atomic E-state index is 14.9. The summed E-state index contributed by atoms with van der Waals surface area (Å²) in [4.78, 5) is 0. The molecule has 0 spiro atoms. The van der Waals surface area contributed by atoms with E-state index in [9.17, 15) is 13.2 Å². The summed E-state index contributed by atoms with van der Waals surface area (Å²) in [5.74, 6) is 1.39. The Morgan fingerprint density at radius 2 is 1.47 bits per heavy atom. The van der Waals surface area contributed by atoms with Crippen molar-refractivity contribution in [2.75, 3.05) is 0 Å². The van der Waals surface area contributed by atoms with Crippen LogP contribution < -0.4 is 4.74 Å². The molecule has 1 atom stereocenters. The molecule has 1 saturated carbocycles. The fourth-order valence-electron chi connectivity index (χ4n) is 5.67. The van der Waals surface area contributed by atoms with Crippen LogP contribution in [0.15, 0.2) is 66.7 Å². The molecule has 32 heavy (non-hydrogen) atoms. The molecule has 0 bridgehead atoms. The number of para-hydroxylation sites is 1. The van der Waals surface area contributed by atoms with Crippen LogP contribution in [0.4, 0.5) is 13.2 Å². The molecule has 2 aliphatic rings. The molecular formula is C28H27F3O. The van der Waals surface area contributed by atoms with Crippen LogP contribution in [0.1, 0.15) is 68.1 Å². The van der Waals surface area contributed by atoms with Crippen molar-refractivity contribution in [1.29, 1.82) is 0 Å². The van der Waals surface area contributed by atoms with Crippen molar-refractivity contribution in [3.05, 3.63) is 83.4 Å². The van der Waals surface area contributed by atoms with Gasteiger partial charge in [0, 0.05) is 0 Å². The van der Waals surface area contributed by atoms with Gasteiger partial charge in [0.15, 0.2) is 0 Å². The van der Waals surface area contributed by atoms with Gasteiger partial charge in [-0.1, -0.05) is 68.7 Å². The van der Waals surface area contributed by atoms with Crippen molar-refractivity contribution in [3.63, 3.8) is 0 Å². The number of hydrogen-bond acceptors (Lipinski definition) is 1. The van der Waals surface area contributed by atoms with Gasteiger partial charge in [0.2, 0.25) is 0 Å². The van der Waals surface area contributed by atoms with Crippen molar-refractivity contribution < 1.29 is 17.9 Å². The van der Waals surface area contributed by atoms with Crippen LogP contribution in [0, 0.1) is 0 Å². The summed E-state index contributed by atoms with van der Waals surface area (Å²) in [5.41, 5.74) is 1.11. The molecule has 3 aromatic carbocycles. The van der Waals surface area contributed by atoms with Crippen LogP contribution >= 0.6 is 0 Å². The molecule has 4 heteroatoms. The highest BCUT2D eigenvalue weighted by atomic mass is 19.4. The minimum absolute atomic E-state index is 0.0423. The van der Waals surface area contributed by atoms with E-state index in [1.807, 2.05) is 30.3 Å². The van der Waals surface area contributed by atoms with E-state index in [-0.39, 0.29) is 6.42 Å². The fourth-order valence-corrected chi connectivity index (χ4v) is 5.67. The van der Waals surface area contributed by atoms with Gasteiger partial charge in [0.25, 0.3) is 0 Å². The summed E-state index contributed by atoms with van der Waals surface area (Å²) in [6.45, 7) is 1.64. The Bertz CT molecular complexity index is 1110. The van der Waals surface area contributed by atoms with E-state index in [1.54, 1.807) is 37.3 Å². The normalized spacial score (nSPS) is 20.6. The number of alkyl halides is 3. The van der Waals surface area contributed by atoms with E-state index in [0.29, 0.717) is 39.7 Å². The molecule has 0 radical (unpaired) electrons. The van der Waals surface area contributed by atoms with Crippen LogP contribution in [0.25, 0.3) is 11.1 Å². The van der Waals surface area contributed by atoms with E-state index < -0.39 is 11.6 Å². The number of rotatable bonds is 4. The minimum atomic E-state index is -4.40. The molecule has 0 amide bonds. The Morgan fingerprint density at radius 3 is 2.12 bits per heavy atom. The van der Waals surface area contributed by atoms with Crippen LogP contribution in [0.5, 0.6) is 11.5 Å². The number of benzene rings is 3. The molecule has 1 fully saturated rings. The number of halogens is 3. The Labute approximate surface area is 187 Å². The van der Waals surface area contributed by atoms with Crippen molar-refractivity contribution >= 4 is 0 Å². The van der Waals surface area contributed by atoms with Gasteiger partial charge < -0.3 is 4.74 Å². The topological polar surface area (TPSA) is 9.23 Å². The molecule has 0 aromatic heterocycles. The number of ether oxygens (including phenoxy) is 1. The van der Waals surface area contributed by atoms with Gasteiger partial charge in [-0.05, 0) is 77.3 Å². The monoisotopic (exact) mass is 436 g/mol. The molecule has 1 unspecified atom stereocenters. The third-order valence-electron chi connectivity index (χ3n) is 7.31. The zero-order chi connectivity index (χ0) is 22.3. The highest BCUT2D eigenvalue weighted by Crippen LogP contribution is 2.59. The third kappa shape index (κ3) is 3.32. The van der Waals surface area contributed by atoms with Crippen molar-refractivity contribution in [2.45, 2.75) is 63.0 Å². The van der Waals surface area contributed by atoms with E-state index in [0.717, 1.165) is 31.2 Å². The van der Waals surface area contributed by atoms with Gasteiger partial charge in [-0.2, -0.15) is 13.2 Å². The second kappa shape index (κ2) is 7.99. The van der Waals surface area contributed by atoms with E-state index >= 15 is 0 Å². The molecular weight excluding hydrogens is 409 g/mol. The van der Waals surface area contributed by atoms with Gasteiger partial charge in [0.1, 0.15) is 16.9 Å². The Morgan fingerprint density at radius 1 is 0.812 bits per heavy atom. The van der Waals surface area contributed by atoms with Gasteiger partial charge in [-0.25, -0.2) is 0 Å². The smallest absolute Gasteiger partial charge is 0.402 e. The van der Waals surface area contributed by atoms with Crippen molar-refractivity contribution in [1.82, 2.24) is 0 Å². The highest BCUT2D eigenvalue weighted by Gasteiger charge is 2.60. The first kappa shape index (κ1) is 21.1. The van der Waals surface area contributed by atoms with Gasteiger partial charge in [0.05, 0.1) is 0 Å². The summed E-state index contributed by atoms with van der Waals surface area (Å²) in [6, 6.07) is 20.2. The van der Waals surface area contributed by atoms with Gasteiger partial charge >= 0.3 is 6.18 Å². The summed E-state index contributed by atoms with van der Waals surface area (Å²) < 4.78 is 50.5. The Hall–Kier alpha value is -2.75. The summed E-state index contributed by atoms with van der Waals surface area (Å²) in [5, 5.41) is 0.